The Balaban J connectivity index is 2.20. The average Bonchev–Trinajstić information content (AvgIpc) is 2.31. The molecule has 1 aliphatic heterocycles. The quantitative estimate of drug-likeness (QED) is 0.700. The Morgan fingerprint density at radius 1 is 1.38 bits per heavy atom. The first-order chi connectivity index (χ1) is 7.80. The summed E-state index contributed by atoms with van der Waals surface area (Å²) in [6.07, 6.45) is 2.66. The third-order valence-corrected chi connectivity index (χ3v) is 3.24. The molecule has 4 nitrogen and oxygen atoms in total. The van der Waals surface area contributed by atoms with Crippen molar-refractivity contribution in [2.24, 2.45) is 11.7 Å². The number of hydrogen-bond donors (Lipinski definition) is 1. The van der Waals surface area contributed by atoms with Crippen LogP contribution in [0.1, 0.15) is 19.8 Å². The number of hydrogen-bond acceptors (Lipinski definition) is 4. The van der Waals surface area contributed by atoms with E-state index in [9.17, 15) is 0 Å². The highest BCUT2D eigenvalue weighted by Crippen LogP contribution is 2.17. The van der Waals surface area contributed by atoms with Crippen molar-refractivity contribution in [1.29, 1.82) is 0 Å². The third kappa shape index (κ3) is 4.78. The van der Waals surface area contributed by atoms with Gasteiger partial charge in [-0.25, -0.2) is 0 Å². The van der Waals surface area contributed by atoms with E-state index < -0.39 is 0 Å². The highest BCUT2D eigenvalue weighted by atomic mass is 16.5. The molecule has 0 bridgehead atoms. The summed E-state index contributed by atoms with van der Waals surface area (Å²) in [7, 11) is 1.78. The van der Waals surface area contributed by atoms with E-state index in [0.717, 1.165) is 38.8 Å². The van der Waals surface area contributed by atoms with Crippen molar-refractivity contribution in [2.75, 3.05) is 46.5 Å². The number of methoxy groups -OCH3 is 1. The van der Waals surface area contributed by atoms with Gasteiger partial charge in [0.25, 0.3) is 0 Å². The lowest BCUT2D eigenvalue weighted by Gasteiger charge is -2.33. The number of rotatable bonds is 7. The predicted octanol–water partition coefficient (Wildman–Crippen LogP) is 0.709. The van der Waals surface area contributed by atoms with E-state index in [4.69, 9.17) is 15.2 Å². The van der Waals surface area contributed by atoms with Gasteiger partial charge in [0, 0.05) is 33.4 Å². The number of piperidine rings is 1. The Morgan fingerprint density at radius 2 is 2.06 bits per heavy atom. The second-order valence-corrected chi connectivity index (χ2v) is 4.51. The molecule has 2 N–H and O–H groups in total. The lowest BCUT2D eigenvalue weighted by Crippen LogP contribution is -2.42. The van der Waals surface area contributed by atoms with Gasteiger partial charge in [0.1, 0.15) is 0 Å². The minimum atomic E-state index is 0.198. The van der Waals surface area contributed by atoms with Gasteiger partial charge in [-0.1, -0.05) is 0 Å². The smallest absolute Gasteiger partial charge is 0.0823 e. The summed E-state index contributed by atoms with van der Waals surface area (Å²) in [6.45, 7) is 7.57. The number of nitrogens with two attached hydrogens (primary N) is 1. The van der Waals surface area contributed by atoms with Crippen LogP contribution in [0.25, 0.3) is 0 Å². The van der Waals surface area contributed by atoms with E-state index in [1.54, 1.807) is 7.11 Å². The maximum atomic E-state index is 5.68. The first-order valence-electron chi connectivity index (χ1n) is 6.33. The molecule has 1 fully saturated rings. The molecule has 0 saturated carbocycles. The first kappa shape index (κ1) is 13.9. The van der Waals surface area contributed by atoms with Crippen LogP contribution in [0.2, 0.25) is 0 Å². The van der Waals surface area contributed by atoms with Gasteiger partial charge in [-0.15, -0.1) is 0 Å². The molecule has 0 aromatic carbocycles. The van der Waals surface area contributed by atoms with Gasteiger partial charge in [0.15, 0.2) is 0 Å². The molecule has 0 aromatic heterocycles. The zero-order valence-electron chi connectivity index (χ0n) is 10.7. The summed E-state index contributed by atoms with van der Waals surface area (Å²) in [5.74, 6) is 0.740. The molecular weight excluding hydrogens is 204 g/mol. The van der Waals surface area contributed by atoms with Crippen molar-refractivity contribution < 1.29 is 9.47 Å². The largest absolute Gasteiger partial charge is 0.384 e. The molecule has 16 heavy (non-hydrogen) atoms. The molecule has 96 valence electrons. The van der Waals surface area contributed by atoms with Crippen LogP contribution in [-0.4, -0.2) is 57.5 Å². The van der Waals surface area contributed by atoms with Crippen LogP contribution < -0.4 is 5.73 Å². The summed E-state index contributed by atoms with van der Waals surface area (Å²) in [6, 6.07) is 0. The van der Waals surface area contributed by atoms with Crippen LogP contribution in [-0.2, 0) is 9.47 Å². The second-order valence-electron chi connectivity index (χ2n) is 4.51. The maximum absolute atomic E-state index is 5.68. The Morgan fingerprint density at radius 3 is 2.56 bits per heavy atom. The Hall–Kier alpha value is -0.160. The molecule has 0 amide bonds. The SMILES string of the molecule is CCOC(CN)CN1CCC(COC)CC1. The summed E-state index contributed by atoms with van der Waals surface area (Å²) in [5, 5.41) is 0. The Kier molecular flexibility index (Phi) is 6.96. The minimum Gasteiger partial charge on any atom is -0.384 e. The lowest BCUT2D eigenvalue weighted by molar-refractivity contribution is 0.0240. The van der Waals surface area contributed by atoms with Gasteiger partial charge in [0.05, 0.1) is 6.10 Å². The molecule has 0 aromatic rings. The molecule has 4 heteroatoms. The van der Waals surface area contributed by atoms with E-state index in [0.29, 0.717) is 6.54 Å². The minimum absolute atomic E-state index is 0.198. The fourth-order valence-corrected chi connectivity index (χ4v) is 2.29. The van der Waals surface area contributed by atoms with Crippen molar-refractivity contribution in [3.63, 3.8) is 0 Å². The topological polar surface area (TPSA) is 47.7 Å². The molecule has 1 saturated heterocycles. The molecule has 1 unspecified atom stereocenters. The monoisotopic (exact) mass is 230 g/mol. The molecule has 0 spiro atoms. The lowest BCUT2D eigenvalue weighted by atomic mass is 9.97. The van der Waals surface area contributed by atoms with Crippen molar-refractivity contribution in [1.82, 2.24) is 4.90 Å². The highest BCUT2D eigenvalue weighted by molar-refractivity contribution is 4.75. The molecule has 1 rings (SSSR count). The normalized spacial score (nSPS) is 21.2. The van der Waals surface area contributed by atoms with Crippen molar-refractivity contribution >= 4 is 0 Å². The summed E-state index contributed by atoms with van der Waals surface area (Å²) in [4.78, 5) is 2.46. The molecule has 0 radical (unpaired) electrons. The average molecular weight is 230 g/mol. The van der Waals surface area contributed by atoms with Crippen LogP contribution in [0.3, 0.4) is 0 Å². The summed E-state index contributed by atoms with van der Waals surface area (Å²) >= 11 is 0. The van der Waals surface area contributed by atoms with E-state index in [-0.39, 0.29) is 6.10 Å². The number of likely N-dealkylation sites (tertiary alicyclic amines) is 1. The van der Waals surface area contributed by atoms with Crippen LogP contribution in [0, 0.1) is 5.92 Å². The van der Waals surface area contributed by atoms with Gasteiger partial charge in [-0.05, 0) is 38.8 Å². The molecular formula is C12H26N2O2. The fraction of sp³-hybridized carbons (Fsp3) is 1.00. The van der Waals surface area contributed by atoms with Gasteiger partial charge in [-0.3, -0.25) is 0 Å². The third-order valence-electron chi connectivity index (χ3n) is 3.24. The molecule has 1 atom stereocenters. The zero-order chi connectivity index (χ0) is 11.8. The van der Waals surface area contributed by atoms with Gasteiger partial charge in [0.2, 0.25) is 0 Å². The first-order valence-corrected chi connectivity index (χ1v) is 6.33. The maximum Gasteiger partial charge on any atom is 0.0823 e. The van der Waals surface area contributed by atoms with E-state index >= 15 is 0 Å². The number of nitrogens with zero attached hydrogens (tertiary/aromatic N) is 1. The van der Waals surface area contributed by atoms with E-state index in [1.165, 1.54) is 12.8 Å². The fourth-order valence-electron chi connectivity index (χ4n) is 2.29. The van der Waals surface area contributed by atoms with Crippen LogP contribution in [0.5, 0.6) is 0 Å². The van der Waals surface area contributed by atoms with Crippen LogP contribution in [0.4, 0.5) is 0 Å². The standard InChI is InChI=1S/C12H26N2O2/c1-3-16-12(8-13)9-14-6-4-11(5-7-14)10-15-2/h11-12H,3-10,13H2,1-2H3. The van der Waals surface area contributed by atoms with Crippen LogP contribution >= 0.6 is 0 Å². The molecule has 1 heterocycles. The zero-order valence-corrected chi connectivity index (χ0v) is 10.7. The Labute approximate surface area is 99.1 Å². The van der Waals surface area contributed by atoms with Gasteiger partial charge >= 0.3 is 0 Å². The molecule has 1 aliphatic rings. The second kappa shape index (κ2) is 8.01. The highest BCUT2D eigenvalue weighted by Gasteiger charge is 2.21. The van der Waals surface area contributed by atoms with Crippen molar-refractivity contribution in [2.45, 2.75) is 25.9 Å². The Bertz CT molecular complexity index is 170. The van der Waals surface area contributed by atoms with Crippen molar-refractivity contribution in [3.05, 3.63) is 0 Å². The van der Waals surface area contributed by atoms with Crippen molar-refractivity contribution in [3.8, 4) is 0 Å². The van der Waals surface area contributed by atoms with Gasteiger partial charge < -0.3 is 20.1 Å². The van der Waals surface area contributed by atoms with E-state index in [1.807, 2.05) is 6.92 Å². The molecule has 0 aliphatic carbocycles. The predicted molar refractivity (Wildman–Crippen MR) is 65.5 cm³/mol. The number of ether oxygens (including phenoxy) is 2. The van der Waals surface area contributed by atoms with Crippen LogP contribution in [0.15, 0.2) is 0 Å². The summed E-state index contributed by atoms with van der Waals surface area (Å²) in [5.41, 5.74) is 5.68. The summed E-state index contributed by atoms with van der Waals surface area (Å²) < 4.78 is 10.8. The van der Waals surface area contributed by atoms with Gasteiger partial charge in [-0.2, -0.15) is 0 Å². The van der Waals surface area contributed by atoms with E-state index in [2.05, 4.69) is 4.90 Å².